The lowest BCUT2D eigenvalue weighted by Crippen LogP contribution is -2.18. The molecule has 0 bridgehead atoms. The van der Waals surface area contributed by atoms with Crippen LogP contribution in [0.1, 0.15) is 18.4 Å². The number of benzene rings is 1. The third-order valence-electron chi connectivity index (χ3n) is 2.07. The average molecular weight is 132 g/mol. The van der Waals surface area contributed by atoms with Gasteiger partial charge in [0.1, 0.15) is 0 Å². The molecule has 1 aliphatic rings. The van der Waals surface area contributed by atoms with Crippen LogP contribution in [0.2, 0.25) is 0 Å². The maximum absolute atomic E-state index is 5.95. The van der Waals surface area contributed by atoms with Gasteiger partial charge in [0.15, 0.2) is 0 Å². The molecular weight excluding hydrogens is 122 g/mol. The van der Waals surface area contributed by atoms with Crippen LogP contribution in [0.15, 0.2) is 24.3 Å². The summed E-state index contributed by atoms with van der Waals surface area (Å²) >= 11 is 0. The number of nitrogens with two attached hydrogens (primary N) is 1. The molecule has 2 N–H and O–H groups in total. The third-order valence-corrected chi connectivity index (χ3v) is 2.07. The fraction of sp³-hybridized carbons (Fsp3) is 0.333. The Morgan fingerprint density at radius 1 is 1.50 bits per heavy atom. The van der Waals surface area contributed by atoms with Crippen molar-refractivity contribution in [3.63, 3.8) is 0 Å². The highest BCUT2D eigenvalue weighted by Crippen LogP contribution is 2.42. The van der Waals surface area contributed by atoms with Crippen LogP contribution >= 0.6 is 0 Å². The Balaban J connectivity index is 2.35. The Hall–Kier alpha value is -0.820. The topological polar surface area (TPSA) is 26.0 Å². The number of hydrogen-bond donors (Lipinski definition) is 1. The first kappa shape index (κ1) is 5.93. The van der Waals surface area contributed by atoms with Crippen molar-refractivity contribution in [2.45, 2.75) is 18.4 Å². The van der Waals surface area contributed by atoms with Gasteiger partial charge in [0.2, 0.25) is 0 Å². The van der Waals surface area contributed by atoms with E-state index in [-0.39, 0.29) is 5.54 Å². The van der Waals surface area contributed by atoms with Gasteiger partial charge in [-0.05, 0) is 30.5 Å². The van der Waals surface area contributed by atoms with E-state index in [0.717, 1.165) is 12.8 Å². The van der Waals surface area contributed by atoms with E-state index in [2.05, 4.69) is 12.1 Å². The van der Waals surface area contributed by atoms with Crippen molar-refractivity contribution < 1.29 is 0 Å². The van der Waals surface area contributed by atoms with Crippen LogP contribution in [0.4, 0.5) is 0 Å². The zero-order valence-corrected chi connectivity index (χ0v) is 5.80. The average Bonchev–Trinajstić information content (AvgIpc) is 2.72. The predicted molar refractivity (Wildman–Crippen MR) is 40.4 cm³/mol. The predicted octanol–water partition coefficient (Wildman–Crippen LogP) is 1.43. The second-order valence-corrected chi connectivity index (χ2v) is 2.95. The van der Waals surface area contributed by atoms with E-state index in [0.29, 0.717) is 0 Å². The van der Waals surface area contributed by atoms with Crippen molar-refractivity contribution in [2.24, 2.45) is 5.73 Å². The van der Waals surface area contributed by atoms with Gasteiger partial charge in [-0.3, -0.25) is 0 Å². The molecule has 10 heavy (non-hydrogen) atoms. The second-order valence-electron chi connectivity index (χ2n) is 2.95. The van der Waals surface area contributed by atoms with E-state index >= 15 is 0 Å². The molecule has 1 heteroatoms. The van der Waals surface area contributed by atoms with Crippen LogP contribution < -0.4 is 5.73 Å². The van der Waals surface area contributed by atoms with Crippen LogP contribution in [-0.4, -0.2) is 0 Å². The molecule has 1 fully saturated rings. The first-order chi connectivity index (χ1) is 4.81. The zero-order valence-electron chi connectivity index (χ0n) is 5.80. The molecule has 51 valence electrons. The van der Waals surface area contributed by atoms with E-state index in [1.165, 1.54) is 5.56 Å². The molecule has 1 nitrogen and oxygen atoms in total. The van der Waals surface area contributed by atoms with Gasteiger partial charge >= 0.3 is 0 Å². The van der Waals surface area contributed by atoms with Gasteiger partial charge in [-0.15, -0.1) is 0 Å². The summed E-state index contributed by atoms with van der Waals surface area (Å²) in [5, 5.41) is 0. The van der Waals surface area contributed by atoms with Gasteiger partial charge in [-0.1, -0.05) is 18.2 Å². The smallest absolute Gasteiger partial charge is 0.0411 e. The Labute approximate surface area is 60.9 Å². The molecule has 0 saturated heterocycles. The van der Waals surface area contributed by atoms with E-state index < -0.39 is 0 Å². The molecule has 0 heterocycles. The van der Waals surface area contributed by atoms with E-state index in [4.69, 9.17) is 5.73 Å². The second kappa shape index (κ2) is 1.83. The Kier molecular flexibility index (Phi) is 1.08. The van der Waals surface area contributed by atoms with Crippen LogP contribution in [0.5, 0.6) is 0 Å². The maximum atomic E-state index is 5.95. The van der Waals surface area contributed by atoms with E-state index in [1.807, 2.05) is 18.2 Å². The lowest BCUT2D eigenvalue weighted by Gasteiger charge is -2.06. The summed E-state index contributed by atoms with van der Waals surface area (Å²) in [4.78, 5) is 0. The van der Waals surface area contributed by atoms with Crippen molar-refractivity contribution in [3.05, 3.63) is 35.9 Å². The molecule has 0 atom stereocenters. The van der Waals surface area contributed by atoms with Gasteiger partial charge in [-0.2, -0.15) is 0 Å². The third kappa shape index (κ3) is 0.830. The first-order valence-corrected chi connectivity index (χ1v) is 3.57. The molecule has 0 spiro atoms. The highest BCUT2D eigenvalue weighted by molar-refractivity contribution is 5.28. The summed E-state index contributed by atoms with van der Waals surface area (Å²) < 4.78 is 0. The van der Waals surface area contributed by atoms with Gasteiger partial charge < -0.3 is 5.73 Å². The van der Waals surface area contributed by atoms with E-state index in [9.17, 15) is 0 Å². The summed E-state index contributed by atoms with van der Waals surface area (Å²) in [5.41, 5.74) is 7.19. The van der Waals surface area contributed by atoms with Crippen LogP contribution in [0, 0.1) is 6.07 Å². The summed E-state index contributed by atoms with van der Waals surface area (Å²) in [6, 6.07) is 11.0. The molecule has 1 aromatic carbocycles. The van der Waals surface area contributed by atoms with Crippen LogP contribution in [-0.2, 0) is 5.54 Å². The summed E-state index contributed by atoms with van der Waals surface area (Å²) in [5.74, 6) is 0. The molecule has 0 aliphatic heterocycles. The van der Waals surface area contributed by atoms with Crippen LogP contribution in [0.3, 0.4) is 0 Å². The first-order valence-electron chi connectivity index (χ1n) is 3.57. The summed E-state index contributed by atoms with van der Waals surface area (Å²) in [6.07, 6.45) is 2.26. The SMILES string of the molecule is NC1(c2c[c]ccc2)CC1. The van der Waals surface area contributed by atoms with Crippen molar-refractivity contribution in [3.8, 4) is 0 Å². The van der Waals surface area contributed by atoms with Gasteiger partial charge in [-0.25, -0.2) is 0 Å². The summed E-state index contributed by atoms with van der Waals surface area (Å²) in [7, 11) is 0. The molecule has 0 aromatic heterocycles. The quantitative estimate of drug-likeness (QED) is 0.614. The molecule has 2 rings (SSSR count). The zero-order chi connectivity index (χ0) is 7.03. The lowest BCUT2D eigenvalue weighted by molar-refractivity contribution is 0.740. The Morgan fingerprint density at radius 2 is 2.30 bits per heavy atom. The standard InChI is InChI=1S/C9H10N/c10-9(6-7-9)8-4-2-1-3-5-8/h1-2,4-5H,6-7,10H2. The minimum atomic E-state index is 0.0117. The fourth-order valence-electron chi connectivity index (χ4n) is 1.13. The van der Waals surface area contributed by atoms with Gasteiger partial charge in [0.25, 0.3) is 0 Å². The van der Waals surface area contributed by atoms with Crippen molar-refractivity contribution in [1.82, 2.24) is 0 Å². The fourth-order valence-corrected chi connectivity index (χ4v) is 1.13. The maximum Gasteiger partial charge on any atom is 0.0411 e. The van der Waals surface area contributed by atoms with Crippen molar-refractivity contribution in [1.29, 1.82) is 0 Å². The monoisotopic (exact) mass is 132 g/mol. The Morgan fingerprint density at radius 3 is 2.80 bits per heavy atom. The molecule has 0 amide bonds. The molecule has 1 aliphatic carbocycles. The van der Waals surface area contributed by atoms with E-state index in [1.54, 1.807) is 0 Å². The molecular formula is C9H10N. The summed E-state index contributed by atoms with van der Waals surface area (Å²) in [6.45, 7) is 0. The van der Waals surface area contributed by atoms with Crippen molar-refractivity contribution in [2.75, 3.05) is 0 Å². The number of hydrogen-bond acceptors (Lipinski definition) is 1. The highest BCUT2D eigenvalue weighted by Gasteiger charge is 2.39. The minimum absolute atomic E-state index is 0.0117. The highest BCUT2D eigenvalue weighted by atomic mass is 14.8. The number of rotatable bonds is 1. The largest absolute Gasteiger partial charge is 0.321 e. The minimum Gasteiger partial charge on any atom is -0.321 e. The molecule has 0 unspecified atom stereocenters. The Bertz CT molecular complexity index is 224. The van der Waals surface area contributed by atoms with Crippen LogP contribution in [0.25, 0.3) is 0 Å². The van der Waals surface area contributed by atoms with Gasteiger partial charge in [0, 0.05) is 5.54 Å². The molecule has 1 saturated carbocycles. The molecule has 1 aromatic rings. The lowest BCUT2D eigenvalue weighted by atomic mass is 10.1. The van der Waals surface area contributed by atoms with Crippen molar-refractivity contribution >= 4 is 0 Å². The normalized spacial score (nSPS) is 20.5. The van der Waals surface area contributed by atoms with Gasteiger partial charge in [0.05, 0.1) is 0 Å². The molecule has 1 radical (unpaired) electrons.